The van der Waals surface area contributed by atoms with Crippen LogP contribution in [-0.4, -0.2) is 75.5 Å². The van der Waals surface area contributed by atoms with E-state index in [-0.39, 0.29) is 54.8 Å². The van der Waals surface area contributed by atoms with Crippen molar-refractivity contribution in [3.63, 3.8) is 0 Å². The van der Waals surface area contributed by atoms with Crippen LogP contribution in [0.25, 0.3) is 0 Å². The summed E-state index contributed by atoms with van der Waals surface area (Å²) in [6.07, 6.45) is 1.05. The number of aliphatic hydroxyl groups is 1. The Balaban J connectivity index is 1.32. The number of likely N-dealkylation sites (tertiary alicyclic amines) is 1. The van der Waals surface area contributed by atoms with Crippen molar-refractivity contribution in [3.8, 4) is 0 Å². The molecule has 2 atom stereocenters. The van der Waals surface area contributed by atoms with Crippen LogP contribution in [-0.2, 0) is 9.59 Å². The molecule has 2 heterocycles. The highest BCUT2D eigenvalue weighted by atomic mass is 19.1. The number of anilines is 1. The summed E-state index contributed by atoms with van der Waals surface area (Å²) in [5.41, 5.74) is 0.327. The Morgan fingerprint density at radius 1 is 1.05 bits per heavy atom. The molecule has 218 valence electrons. The van der Waals surface area contributed by atoms with Crippen LogP contribution in [0.3, 0.4) is 0 Å². The first-order valence-corrected chi connectivity index (χ1v) is 13.9. The molecule has 2 aromatic rings. The summed E-state index contributed by atoms with van der Waals surface area (Å²) in [5.74, 6) is -2.16. The second-order valence-corrected chi connectivity index (χ2v) is 11.5. The lowest BCUT2D eigenvalue weighted by molar-refractivity contribution is -0.140. The Hall–Kier alpha value is -3.83. The topological polar surface area (TPSA) is 130 Å². The minimum Gasteiger partial charge on any atom is -0.478 e. The Morgan fingerprint density at radius 2 is 1.68 bits per heavy atom. The first-order chi connectivity index (χ1) is 19.4. The molecule has 0 aromatic heterocycles. The summed E-state index contributed by atoms with van der Waals surface area (Å²) in [6.45, 7) is 4.03. The number of hydrogen-bond acceptors (Lipinski definition) is 6. The Labute approximate surface area is 237 Å². The van der Waals surface area contributed by atoms with Gasteiger partial charge in [0.2, 0.25) is 5.91 Å². The number of benzene rings is 2. The van der Waals surface area contributed by atoms with Crippen molar-refractivity contribution in [3.05, 3.63) is 65.0 Å². The number of carbonyl (C=O) groups is 4. The summed E-state index contributed by atoms with van der Waals surface area (Å²) in [4.78, 5) is 55.5. The molecular weight excluding hydrogens is 531 g/mol. The average Bonchev–Trinajstić information content (AvgIpc) is 3.78. The van der Waals surface area contributed by atoms with Crippen LogP contribution in [0.4, 0.5) is 14.9 Å². The first kappa shape index (κ1) is 28.7. The van der Waals surface area contributed by atoms with Crippen molar-refractivity contribution in [2.45, 2.75) is 63.3 Å². The predicted molar refractivity (Wildman–Crippen MR) is 148 cm³/mol. The number of carboxylic acid groups (broad SMARTS) is 1. The van der Waals surface area contributed by atoms with Crippen molar-refractivity contribution >= 4 is 29.5 Å². The van der Waals surface area contributed by atoms with Gasteiger partial charge in [0, 0.05) is 31.4 Å². The molecule has 0 radical (unpaired) electrons. The molecule has 2 saturated heterocycles. The number of hydrogen-bond donors (Lipinski definition) is 3. The van der Waals surface area contributed by atoms with E-state index in [2.05, 4.69) is 5.32 Å². The van der Waals surface area contributed by atoms with E-state index < -0.39 is 35.6 Å². The molecule has 0 bridgehead atoms. The SMILES string of the molecule is CC(C)[C@@H](NC(O)c1cc(C2CC2)ccc1F)C(=O)N1CCC2(CC1)C(=O)N(C)C(=O)N2c1ccc(C(=O)O)cc1. The fourth-order valence-corrected chi connectivity index (χ4v) is 5.92. The number of amides is 4. The summed E-state index contributed by atoms with van der Waals surface area (Å²) >= 11 is 0. The molecule has 5 rings (SSSR count). The molecule has 41 heavy (non-hydrogen) atoms. The molecule has 1 unspecified atom stereocenters. The standard InChI is InChI=1S/C30H35FN4O6/c1-17(2)24(32-25(36)22-16-20(18-4-5-18)8-11-23(22)31)26(37)34-14-12-30(13-15-34)28(40)33(3)29(41)35(30)21-9-6-19(7-10-21)27(38)39/h6-11,16-18,24-25,32,36H,4-5,12-15H2,1-3H3,(H,38,39)/t24-,25?/m1/s1. The van der Waals surface area contributed by atoms with Crippen LogP contribution in [0.5, 0.6) is 0 Å². The second kappa shape index (κ2) is 10.9. The third-order valence-electron chi connectivity index (χ3n) is 8.52. The van der Waals surface area contributed by atoms with Gasteiger partial charge >= 0.3 is 12.0 Å². The molecule has 2 aliphatic heterocycles. The van der Waals surface area contributed by atoms with Crippen LogP contribution in [0, 0.1) is 11.7 Å². The maximum absolute atomic E-state index is 14.6. The number of urea groups is 1. The van der Waals surface area contributed by atoms with E-state index in [1.54, 1.807) is 17.0 Å². The summed E-state index contributed by atoms with van der Waals surface area (Å²) < 4.78 is 14.6. The summed E-state index contributed by atoms with van der Waals surface area (Å²) in [5, 5.41) is 23.1. The number of imide groups is 1. The zero-order valence-corrected chi connectivity index (χ0v) is 23.3. The highest BCUT2D eigenvalue weighted by Gasteiger charge is 2.58. The number of rotatable bonds is 8. The number of halogens is 1. The molecule has 1 spiro atoms. The van der Waals surface area contributed by atoms with E-state index in [1.807, 2.05) is 13.8 Å². The third kappa shape index (κ3) is 5.19. The molecule has 3 aliphatic rings. The van der Waals surface area contributed by atoms with Crippen LogP contribution in [0.2, 0.25) is 0 Å². The average molecular weight is 567 g/mol. The maximum atomic E-state index is 14.6. The van der Waals surface area contributed by atoms with Crippen molar-refractivity contribution in [2.75, 3.05) is 25.0 Å². The molecule has 2 aromatic carbocycles. The number of piperidine rings is 1. The van der Waals surface area contributed by atoms with Crippen LogP contribution in [0.15, 0.2) is 42.5 Å². The van der Waals surface area contributed by atoms with Gasteiger partial charge in [0.15, 0.2) is 0 Å². The van der Waals surface area contributed by atoms with Gasteiger partial charge in [0.25, 0.3) is 5.91 Å². The van der Waals surface area contributed by atoms with Gasteiger partial charge in [-0.15, -0.1) is 0 Å². The van der Waals surface area contributed by atoms with E-state index in [1.165, 1.54) is 42.3 Å². The number of carbonyl (C=O) groups excluding carboxylic acids is 3. The van der Waals surface area contributed by atoms with Crippen molar-refractivity contribution in [1.29, 1.82) is 0 Å². The van der Waals surface area contributed by atoms with Crippen molar-refractivity contribution in [1.82, 2.24) is 15.1 Å². The lowest BCUT2D eigenvalue weighted by Gasteiger charge is -2.43. The quantitative estimate of drug-likeness (QED) is 0.330. The van der Waals surface area contributed by atoms with Crippen molar-refractivity contribution in [2.24, 2.45) is 5.92 Å². The van der Waals surface area contributed by atoms with Gasteiger partial charge in [0.1, 0.15) is 17.6 Å². The molecule has 11 heteroatoms. The van der Waals surface area contributed by atoms with Gasteiger partial charge in [-0.05, 0) is 79.5 Å². The molecular formula is C30H35FN4O6. The lowest BCUT2D eigenvalue weighted by Crippen LogP contribution is -2.60. The fraction of sp³-hybridized carbons (Fsp3) is 0.467. The van der Waals surface area contributed by atoms with Gasteiger partial charge in [-0.3, -0.25) is 24.7 Å². The van der Waals surface area contributed by atoms with E-state index >= 15 is 0 Å². The Morgan fingerprint density at radius 3 is 2.24 bits per heavy atom. The Bertz CT molecular complexity index is 1370. The number of likely N-dealkylation sites (N-methyl/N-ethyl adjacent to an activating group) is 1. The zero-order chi connectivity index (χ0) is 29.6. The largest absolute Gasteiger partial charge is 0.478 e. The normalized spacial score (nSPS) is 20.2. The third-order valence-corrected chi connectivity index (χ3v) is 8.52. The minimum atomic E-state index is -1.38. The van der Waals surface area contributed by atoms with Crippen LogP contribution >= 0.6 is 0 Å². The maximum Gasteiger partial charge on any atom is 0.335 e. The zero-order valence-electron chi connectivity index (χ0n) is 23.3. The number of nitrogens with one attached hydrogen (secondary N) is 1. The van der Waals surface area contributed by atoms with E-state index in [9.17, 15) is 33.8 Å². The van der Waals surface area contributed by atoms with Crippen molar-refractivity contribution < 1.29 is 33.8 Å². The number of aromatic carboxylic acids is 1. The smallest absolute Gasteiger partial charge is 0.335 e. The second-order valence-electron chi connectivity index (χ2n) is 11.5. The van der Waals surface area contributed by atoms with Crippen LogP contribution in [0.1, 0.15) is 73.2 Å². The number of carboxylic acids is 1. The summed E-state index contributed by atoms with van der Waals surface area (Å²) in [6, 6.07) is 9.18. The highest BCUT2D eigenvalue weighted by Crippen LogP contribution is 2.42. The van der Waals surface area contributed by atoms with Gasteiger partial charge in [-0.1, -0.05) is 19.9 Å². The van der Waals surface area contributed by atoms with Gasteiger partial charge in [-0.2, -0.15) is 0 Å². The molecule has 1 saturated carbocycles. The van der Waals surface area contributed by atoms with E-state index in [0.717, 1.165) is 23.3 Å². The number of nitrogens with zero attached hydrogens (tertiary/aromatic N) is 3. The number of aliphatic hydroxyl groups excluding tert-OH is 1. The van der Waals surface area contributed by atoms with Gasteiger partial charge in [-0.25, -0.2) is 14.0 Å². The molecule has 10 nitrogen and oxygen atoms in total. The minimum absolute atomic E-state index is 0.0584. The van der Waals surface area contributed by atoms with Gasteiger partial charge < -0.3 is 15.1 Å². The monoisotopic (exact) mass is 566 g/mol. The Kier molecular flexibility index (Phi) is 7.60. The molecule has 4 amide bonds. The molecule has 3 fully saturated rings. The van der Waals surface area contributed by atoms with Gasteiger partial charge in [0.05, 0.1) is 11.6 Å². The lowest BCUT2D eigenvalue weighted by atomic mass is 9.85. The molecule has 1 aliphatic carbocycles. The first-order valence-electron chi connectivity index (χ1n) is 13.9. The molecule has 3 N–H and O–H groups in total. The van der Waals surface area contributed by atoms with E-state index in [0.29, 0.717) is 11.6 Å². The summed E-state index contributed by atoms with van der Waals surface area (Å²) in [7, 11) is 1.41. The highest BCUT2D eigenvalue weighted by molar-refractivity contribution is 6.16. The fourth-order valence-electron chi connectivity index (χ4n) is 5.92. The van der Waals surface area contributed by atoms with Crippen LogP contribution < -0.4 is 10.2 Å². The van der Waals surface area contributed by atoms with E-state index in [4.69, 9.17) is 0 Å². The predicted octanol–water partition coefficient (Wildman–Crippen LogP) is 3.47.